The maximum absolute atomic E-state index is 13.6. The molecule has 0 aliphatic heterocycles. The Morgan fingerprint density at radius 2 is 2.35 bits per heavy atom. The van der Waals surface area contributed by atoms with Crippen molar-refractivity contribution in [2.45, 2.75) is 13.0 Å². The molecule has 2 rings (SSSR count). The highest BCUT2D eigenvalue weighted by molar-refractivity contribution is 7.07. The Labute approximate surface area is 103 Å². The van der Waals surface area contributed by atoms with Crippen molar-refractivity contribution in [1.29, 1.82) is 5.26 Å². The zero-order valence-electron chi connectivity index (χ0n) is 9.14. The van der Waals surface area contributed by atoms with E-state index in [-0.39, 0.29) is 6.04 Å². The molecule has 5 heteroatoms. The standard InChI is InChI=1S/C12H10FN3S/c1-8(12-6-17-7-15-12)16-11-3-2-9(5-14)4-10(11)13/h2-4,6-8,16H,1H3. The van der Waals surface area contributed by atoms with E-state index in [1.54, 1.807) is 17.6 Å². The molecule has 17 heavy (non-hydrogen) atoms. The molecule has 0 saturated heterocycles. The lowest BCUT2D eigenvalue weighted by atomic mass is 10.2. The van der Waals surface area contributed by atoms with Crippen molar-refractivity contribution in [2.75, 3.05) is 5.32 Å². The molecule has 1 aromatic carbocycles. The van der Waals surface area contributed by atoms with Crippen LogP contribution in [0, 0.1) is 17.1 Å². The summed E-state index contributed by atoms with van der Waals surface area (Å²) in [5.74, 6) is -0.425. The molecule has 0 aliphatic rings. The van der Waals surface area contributed by atoms with E-state index >= 15 is 0 Å². The first kappa shape index (κ1) is 11.6. The van der Waals surface area contributed by atoms with Crippen molar-refractivity contribution in [3.8, 4) is 6.07 Å². The van der Waals surface area contributed by atoms with Crippen LogP contribution in [0.5, 0.6) is 0 Å². The first-order valence-electron chi connectivity index (χ1n) is 5.05. The van der Waals surface area contributed by atoms with Gasteiger partial charge in [0.2, 0.25) is 0 Å². The third-order valence-corrected chi connectivity index (χ3v) is 2.97. The average molecular weight is 247 g/mol. The fourth-order valence-corrected chi connectivity index (χ4v) is 2.09. The predicted molar refractivity (Wildman–Crippen MR) is 65.3 cm³/mol. The van der Waals surface area contributed by atoms with E-state index in [0.717, 1.165) is 5.69 Å². The minimum absolute atomic E-state index is 0.0660. The number of nitriles is 1. The molecule has 0 aliphatic carbocycles. The van der Waals surface area contributed by atoms with Crippen molar-refractivity contribution in [3.05, 3.63) is 46.2 Å². The van der Waals surface area contributed by atoms with E-state index in [2.05, 4.69) is 10.3 Å². The van der Waals surface area contributed by atoms with Gasteiger partial charge >= 0.3 is 0 Å². The van der Waals surface area contributed by atoms with Crippen LogP contribution in [0.2, 0.25) is 0 Å². The highest BCUT2D eigenvalue weighted by atomic mass is 32.1. The van der Waals surface area contributed by atoms with Crippen molar-refractivity contribution in [2.24, 2.45) is 0 Å². The lowest BCUT2D eigenvalue weighted by Crippen LogP contribution is -2.08. The van der Waals surface area contributed by atoms with E-state index < -0.39 is 5.82 Å². The summed E-state index contributed by atoms with van der Waals surface area (Å²) in [6.07, 6.45) is 0. The Bertz CT molecular complexity index is 545. The SMILES string of the molecule is CC(Nc1ccc(C#N)cc1F)c1cscn1. The summed E-state index contributed by atoms with van der Waals surface area (Å²) >= 11 is 1.50. The first-order valence-corrected chi connectivity index (χ1v) is 5.99. The molecule has 0 bridgehead atoms. The van der Waals surface area contributed by atoms with E-state index in [1.165, 1.54) is 17.4 Å². The molecule has 0 amide bonds. The molecule has 2 aromatic rings. The van der Waals surface area contributed by atoms with E-state index in [1.807, 2.05) is 18.4 Å². The Balaban J connectivity index is 2.17. The molecule has 1 aromatic heterocycles. The summed E-state index contributed by atoms with van der Waals surface area (Å²) in [6.45, 7) is 1.91. The summed E-state index contributed by atoms with van der Waals surface area (Å²) in [5, 5.41) is 13.6. The maximum atomic E-state index is 13.6. The molecule has 1 unspecified atom stereocenters. The molecule has 0 spiro atoms. The van der Waals surface area contributed by atoms with Crippen LogP contribution in [0.15, 0.2) is 29.1 Å². The van der Waals surface area contributed by atoms with Crippen LogP contribution in [0.25, 0.3) is 0 Å². The predicted octanol–water partition coefficient (Wildman–Crippen LogP) is 3.33. The molecule has 3 nitrogen and oxygen atoms in total. The lowest BCUT2D eigenvalue weighted by Gasteiger charge is -2.13. The summed E-state index contributed by atoms with van der Waals surface area (Å²) in [7, 11) is 0. The van der Waals surface area contributed by atoms with Crippen LogP contribution >= 0.6 is 11.3 Å². The smallest absolute Gasteiger partial charge is 0.147 e. The zero-order chi connectivity index (χ0) is 12.3. The fourth-order valence-electron chi connectivity index (χ4n) is 1.44. The molecule has 86 valence electrons. The molecule has 0 radical (unpaired) electrons. The van der Waals surface area contributed by atoms with Gasteiger partial charge in [-0.2, -0.15) is 5.26 Å². The first-order chi connectivity index (χ1) is 8.20. The normalized spacial score (nSPS) is 11.8. The van der Waals surface area contributed by atoms with Crippen molar-refractivity contribution in [1.82, 2.24) is 4.98 Å². The number of aromatic nitrogens is 1. The quantitative estimate of drug-likeness (QED) is 0.905. The number of rotatable bonds is 3. The monoisotopic (exact) mass is 247 g/mol. The van der Waals surface area contributed by atoms with Crippen molar-refractivity contribution in [3.63, 3.8) is 0 Å². The Hall–Kier alpha value is -1.93. The van der Waals surface area contributed by atoms with Gasteiger partial charge in [-0.3, -0.25) is 0 Å². The largest absolute Gasteiger partial charge is 0.375 e. The molecule has 1 N–H and O–H groups in total. The number of benzene rings is 1. The van der Waals surface area contributed by atoms with Crippen molar-refractivity contribution >= 4 is 17.0 Å². The number of nitrogens with zero attached hydrogens (tertiary/aromatic N) is 2. The topological polar surface area (TPSA) is 48.7 Å². The minimum Gasteiger partial charge on any atom is -0.375 e. The highest BCUT2D eigenvalue weighted by Crippen LogP contribution is 2.22. The number of hydrogen-bond acceptors (Lipinski definition) is 4. The summed E-state index contributed by atoms with van der Waals surface area (Å²) in [4.78, 5) is 4.16. The number of thiazole rings is 1. The summed E-state index contributed by atoms with van der Waals surface area (Å²) in [6, 6.07) is 6.20. The van der Waals surface area contributed by atoms with Crippen LogP contribution in [0.1, 0.15) is 24.2 Å². The maximum Gasteiger partial charge on any atom is 0.147 e. The second kappa shape index (κ2) is 4.93. The van der Waals surface area contributed by atoms with Gasteiger partial charge in [0.25, 0.3) is 0 Å². The van der Waals surface area contributed by atoms with Gasteiger partial charge in [0.15, 0.2) is 0 Å². The molecule has 0 fully saturated rings. The number of nitrogens with one attached hydrogen (secondary N) is 1. The highest BCUT2D eigenvalue weighted by Gasteiger charge is 2.10. The average Bonchev–Trinajstić information content (AvgIpc) is 2.85. The van der Waals surface area contributed by atoms with Gasteiger partial charge in [-0.15, -0.1) is 11.3 Å². The van der Waals surface area contributed by atoms with Crippen molar-refractivity contribution < 1.29 is 4.39 Å². The third-order valence-electron chi connectivity index (χ3n) is 2.37. The lowest BCUT2D eigenvalue weighted by molar-refractivity contribution is 0.626. The van der Waals surface area contributed by atoms with Crippen LogP contribution in [0.3, 0.4) is 0 Å². The van der Waals surface area contributed by atoms with Crippen LogP contribution in [-0.4, -0.2) is 4.98 Å². The van der Waals surface area contributed by atoms with Crippen LogP contribution < -0.4 is 5.32 Å². The van der Waals surface area contributed by atoms with Gasteiger partial charge in [-0.25, -0.2) is 9.37 Å². The van der Waals surface area contributed by atoms with Gasteiger partial charge < -0.3 is 5.32 Å². The second-order valence-electron chi connectivity index (χ2n) is 3.59. The number of hydrogen-bond donors (Lipinski definition) is 1. The molecule has 1 atom stereocenters. The summed E-state index contributed by atoms with van der Waals surface area (Å²) < 4.78 is 13.6. The minimum atomic E-state index is -0.425. The summed E-state index contributed by atoms with van der Waals surface area (Å²) in [5.41, 5.74) is 3.31. The fraction of sp³-hybridized carbons (Fsp3) is 0.167. The van der Waals surface area contributed by atoms with Crippen LogP contribution in [0.4, 0.5) is 10.1 Å². The Morgan fingerprint density at radius 3 is 2.94 bits per heavy atom. The van der Waals surface area contributed by atoms with E-state index in [0.29, 0.717) is 11.3 Å². The Kier molecular flexibility index (Phi) is 3.35. The number of halogens is 1. The third kappa shape index (κ3) is 2.60. The molecular weight excluding hydrogens is 237 g/mol. The van der Waals surface area contributed by atoms with E-state index in [9.17, 15) is 4.39 Å². The molecule has 1 heterocycles. The number of anilines is 1. The van der Waals surface area contributed by atoms with Gasteiger partial charge in [-0.1, -0.05) is 0 Å². The second-order valence-corrected chi connectivity index (χ2v) is 4.30. The van der Waals surface area contributed by atoms with Gasteiger partial charge in [0, 0.05) is 5.38 Å². The van der Waals surface area contributed by atoms with Gasteiger partial charge in [0.1, 0.15) is 5.82 Å². The zero-order valence-corrected chi connectivity index (χ0v) is 9.96. The van der Waals surface area contributed by atoms with Crippen LogP contribution in [-0.2, 0) is 0 Å². The van der Waals surface area contributed by atoms with Gasteiger partial charge in [-0.05, 0) is 25.1 Å². The molecule has 0 saturated carbocycles. The van der Waals surface area contributed by atoms with Gasteiger partial charge in [0.05, 0.1) is 34.6 Å². The Morgan fingerprint density at radius 1 is 1.53 bits per heavy atom. The molecular formula is C12H10FN3S. The van der Waals surface area contributed by atoms with E-state index in [4.69, 9.17) is 5.26 Å².